The predicted molar refractivity (Wildman–Crippen MR) is 94.8 cm³/mol. The van der Waals surface area contributed by atoms with Gasteiger partial charge < -0.3 is 0 Å². The molecule has 0 spiro atoms. The van der Waals surface area contributed by atoms with E-state index in [-0.39, 0.29) is 17.3 Å². The molecule has 1 aromatic carbocycles. The van der Waals surface area contributed by atoms with Crippen molar-refractivity contribution in [3.8, 4) is 21.8 Å². The quantitative estimate of drug-likeness (QED) is 0.434. The fourth-order valence-electron chi connectivity index (χ4n) is 2.74. The fraction of sp³-hybridized carbons (Fsp3) is 0.263. The average molecular weight is 416 g/mol. The zero-order valence-electron chi connectivity index (χ0n) is 14.5. The summed E-state index contributed by atoms with van der Waals surface area (Å²) in [6.07, 6.45) is -4.93. The van der Waals surface area contributed by atoms with Crippen LogP contribution in [0.25, 0.3) is 21.8 Å². The minimum atomic E-state index is -4.90. The molecule has 9 heteroatoms. The summed E-state index contributed by atoms with van der Waals surface area (Å²) in [6, 6.07) is 3.30. The van der Waals surface area contributed by atoms with Crippen molar-refractivity contribution in [3.05, 3.63) is 58.7 Å². The molecule has 0 N–H and O–H groups in total. The van der Waals surface area contributed by atoms with E-state index in [1.54, 1.807) is 12.4 Å². The summed E-state index contributed by atoms with van der Waals surface area (Å²) in [7, 11) is 0. The van der Waals surface area contributed by atoms with Crippen LogP contribution in [0.3, 0.4) is 0 Å². The lowest BCUT2D eigenvalue weighted by Gasteiger charge is -2.13. The smallest absolute Gasteiger partial charge is 0.264 e. The Balaban J connectivity index is 2.09. The van der Waals surface area contributed by atoms with Crippen LogP contribution < -0.4 is 0 Å². The predicted octanol–water partition coefficient (Wildman–Crippen LogP) is 6.86. The van der Waals surface area contributed by atoms with Crippen LogP contribution in [0.5, 0.6) is 0 Å². The summed E-state index contributed by atoms with van der Waals surface area (Å²) < 4.78 is 78.4. The first kappa shape index (κ1) is 20.3. The van der Waals surface area contributed by atoms with Gasteiger partial charge in [0.15, 0.2) is 0 Å². The highest BCUT2D eigenvalue weighted by Gasteiger charge is 2.37. The average Bonchev–Trinajstić information content (AvgIpc) is 3.10. The van der Waals surface area contributed by atoms with Gasteiger partial charge in [0.05, 0.1) is 16.8 Å². The van der Waals surface area contributed by atoms with Crippen LogP contribution in [0.15, 0.2) is 42.0 Å². The second-order valence-electron chi connectivity index (χ2n) is 6.12. The molecule has 0 aliphatic carbocycles. The Hall–Kier alpha value is -2.42. The number of thiazole rings is 1. The van der Waals surface area contributed by atoms with E-state index in [9.17, 15) is 26.3 Å². The molecule has 0 aliphatic heterocycles. The van der Waals surface area contributed by atoms with Gasteiger partial charge in [-0.25, -0.2) is 4.98 Å². The molecular formula is C19H14F6N2S. The lowest BCUT2D eigenvalue weighted by atomic mass is 10.0. The van der Waals surface area contributed by atoms with Crippen LogP contribution >= 0.6 is 11.3 Å². The molecule has 0 fully saturated rings. The minimum Gasteiger partial charge on any atom is -0.264 e. The number of hydrogen-bond acceptors (Lipinski definition) is 3. The molecule has 0 saturated heterocycles. The Morgan fingerprint density at radius 2 is 1.61 bits per heavy atom. The Morgan fingerprint density at radius 1 is 0.964 bits per heavy atom. The molecule has 3 aromatic rings. The Kier molecular flexibility index (Phi) is 5.47. The van der Waals surface area contributed by atoms with Gasteiger partial charge in [0.2, 0.25) is 0 Å². The highest BCUT2D eigenvalue weighted by molar-refractivity contribution is 7.13. The van der Waals surface area contributed by atoms with Crippen LogP contribution in [0.1, 0.15) is 30.0 Å². The van der Waals surface area contributed by atoms with Crippen LogP contribution in [0.4, 0.5) is 26.3 Å². The highest BCUT2D eigenvalue weighted by atomic mass is 32.1. The first-order chi connectivity index (χ1) is 13.1. The molecule has 148 valence electrons. The van der Waals surface area contributed by atoms with Crippen molar-refractivity contribution < 1.29 is 26.3 Å². The van der Waals surface area contributed by atoms with Crippen molar-refractivity contribution in [2.24, 2.45) is 0 Å². The summed E-state index contributed by atoms with van der Waals surface area (Å²) in [5.41, 5.74) is -1.20. The number of benzene rings is 1. The molecule has 2 aromatic heterocycles. The van der Waals surface area contributed by atoms with Crippen molar-refractivity contribution in [1.82, 2.24) is 9.97 Å². The van der Waals surface area contributed by atoms with Gasteiger partial charge in [0.25, 0.3) is 0 Å². The van der Waals surface area contributed by atoms with Gasteiger partial charge in [-0.1, -0.05) is 13.3 Å². The van der Waals surface area contributed by atoms with E-state index in [1.165, 1.54) is 5.38 Å². The van der Waals surface area contributed by atoms with Gasteiger partial charge in [-0.3, -0.25) is 4.98 Å². The largest absolute Gasteiger partial charge is 0.416 e. The fourth-order valence-corrected chi connectivity index (χ4v) is 3.61. The number of aromatic nitrogens is 2. The molecule has 28 heavy (non-hydrogen) atoms. The molecule has 0 unspecified atom stereocenters. The zero-order chi connectivity index (χ0) is 20.5. The Morgan fingerprint density at radius 3 is 2.18 bits per heavy atom. The normalized spacial score (nSPS) is 12.4. The molecule has 0 atom stereocenters. The number of aryl methyl sites for hydroxylation is 1. The SMILES string of the molecule is CCCc1ccncc1-c1nc(-c2cc(C(F)(F)F)cc(C(F)(F)F)c2)cs1. The van der Waals surface area contributed by atoms with E-state index >= 15 is 0 Å². The van der Waals surface area contributed by atoms with Gasteiger partial charge in [0.1, 0.15) is 5.01 Å². The summed E-state index contributed by atoms with van der Waals surface area (Å²) in [6.45, 7) is 2.00. The molecule has 0 saturated carbocycles. The summed E-state index contributed by atoms with van der Waals surface area (Å²) in [5, 5.41) is 1.95. The van der Waals surface area contributed by atoms with Crippen molar-refractivity contribution in [1.29, 1.82) is 0 Å². The maximum Gasteiger partial charge on any atom is 0.416 e. The standard InChI is InChI=1S/C19H14F6N2S/c1-2-3-11-4-5-26-9-15(11)17-27-16(10-28-17)12-6-13(18(20,21)22)8-14(7-12)19(23,24)25/h4-10H,2-3H2,1H3. The van der Waals surface area contributed by atoms with E-state index < -0.39 is 23.5 Å². The lowest BCUT2D eigenvalue weighted by molar-refractivity contribution is -0.143. The van der Waals surface area contributed by atoms with Gasteiger partial charge in [-0.15, -0.1) is 11.3 Å². The summed E-state index contributed by atoms with van der Waals surface area (Å²) >= 11 is 1.15. The number of hydrogen-bond donors (Lipinski definition) is 0. The molecule has 3 rings (SSSR count). The molecule has 0 aliphatic rings. The van der Waals surface area contributed by atoms with Crippen molar-refractivity contribution >= 4 is 11.3 Å². The highest BCUT2D eigenvalue weighted by Crippen LogP contribution is 2.39. The van der Waals surface area contributed by atoms with Crippen LogP contribution in [-0.4, -0.2) is 9.97 Å². The lowest BCUT2D eigenvalue weighted by Crippen LogP contribution is -2.11. The van der Waals surface area contributed by atoms with Crippen molar-refractivity contribution in [2.75, 3.05) is 0 Å². The van der Waals surface area contributed by atoms with E-state index in [1.807, 2.05) is 13.0 Å². The van der Waals surface area contributed by atoms with Crippen molar-refractivity contribution in [2.45, 2.75) is 32.1 Å². The van der Waals surface area contributed by atoms with Crippen molar-refractivity contribution in [3.63, 3.8) is 0 Å². The summed E-state index contributed by atoms with van der Waals surface area (Å²) in [5.74, 6) is 0. The van der Waals surface area contributed by atoms with Gasteiger partial charge in [0, 0.05) is 28.9 Å². The number of nitrogens with zero attached hydrogens (tertiary/aromatic N) is 2. The maximum absolute atomic E-state index is 13.1. The Bertz CT molecular complexity index is 943. The Labute approximate surface area is 160 Å². The minimum absolute atomic E-state index is 0.0582. The monoisotopic (exact) mass is 416 g/mol. The van der Waals surface area contributed by atoms with Gasteiger partial charge >= 0.3 is 12.4 Å². The van der Waals surface area contributed by atoms with Gasteiger partial charge in [-0.05, 0) is 36.2 Å². The van der Waals surface area contributed by atoms with E-state index in [0.717, 1.165) is 35.3 Å². The first-order valence-electron chi connectivity index (χ1n) is 8.28. The van der Waals surface area contributed by atoms with E-state index in [0.29, 0.717) is 17.1 Å². The third-order valence-electron chi connectivity index (χ3n) is 4.05. The van der Waals surface area contributed by atoms with Crippen LogP contribution in [-0.2, 0) is 18.8 Å². The third-order valence-corrected chi connectivity index (χ3v) is 4.92. The molecule has 0 bridgehead atoms. The van der Waals surface area contributed by atoms with Gasteiger partial charge in [-0.2, -0.15) is 26.3 Å². The number of pyridine rings is 1. The molecule has 2 nitrogen and oxygen atoms in total. The van der Waals surface area contributed by atoms with Crippen LogP contribution in [0.2, 0.25) is 0 Å². The third kappa shape index (κ3) is 4.35. The molecular weight excluding hydrogens is 402 g/mol. The zero-order valence-corrected chi connectivity index (χ0v) is 15.3. The van der Waals surface area contributed by atoms with E-state index in [2.05, 4.69) is 9.97 Å². The second kappa shape index (κ2) is 7.54. The number of alkyl halides is 6. The van der Waals surface area contributed by atoms with E-state index in [4.69, 9.17) is 0 Å². The van der Waals surface area contributed by atoms with Crippen LogP contribution in [0, 0.1) is 0 Å². The molecule has 2 heterocycles. The first-order valence-corrected chi connectivity index (χ1v) is 9.16. The molecule has 0 amide bonds. The summed E-state index contributed by atoms with van der Waals surface area (Å²) in [4.78, 5) is 8.33. The topological polar surface area (TPSA) is 25.8 Å². The second-order valence-corrected chi connectivity index (χ2v) is 6.97. The molecule has 0 radical (unpaired) electrons. The number of halogens is 6. The maximum atomic E-state index is 13.1. The number of rotatable bonds is 4.